The van der Waals surface area contributed by atoms with Crippen LogP contribution in [-0.2, 0) is 4.79 Å². The van der Waals surface area contributed by atoms with Gasteiger partial charge in [-0.25, -0.2) is 0 Å². The minimum atomic E-state index is -0.414. The first-order chi connectivity index (χ1) is 4.09. The number of rotatable bonds is 2. The van der Waals surface area contributed by atoms with Gasteiger partial charge in [-0.05, 0) is 18.5 Å². The summed E-state index contributed by atoms with van der Waals surface area (Å²) in [5, 5.41) is -0.414. The lowest BCUT2D eigenvalue weighted by atomic mass is 10.4. The van der Waals surface area contributed by atoms with Gasteiger partial charge in [0.2, 0.25) is 0 Å². The highest BCUT2D eigenvalue weighted by molar-refractivity contribution is 6.67. The van der Waals surface area contributed by atoms with Crippen molar-refractivity contribution in [2.24, 2.45) is 0 Å². The molecule has 0 rings (SSSR count). The van der Waals surface area contributed by atoms with Crippen molar-refractivity contribution in [3.05, 3.63) is 11.8 Å². The highest BCUT2D eigenvalue weighted by Crippen LogP contribution is 2.01. The van der Waals surface area contributed by atoms with Gasteiger partial charge < -0.3 is 4.90 Å². The summed E-state index contributed by atoms with van der Waals surface area (Å²) in [6.07, 6.45) is 1.68. The van der Waals surface area contributed by atoms with E-state index in [1.165, 1.54) is 0 Å². The molecule has 9 heavy (non-hydrogen) atoms. The maximum atomic E-state index is 10.5. The van der Waals surface area contributed by atoms with Crippen molar-refractivity contribution < 1.29 is 4.79 Å². The first-order valence-electron chi connectivity index (χ1n) is 2.63. The van der Waals surface area contributed by atoms with Gasteiger partial charge in [-0.2, -0.15) is 0 Å². The molecule has 0 unspecified atom stereocenters. The van der Waals surface area contributed by atoms with E-state index in [1.54, 1.807) is 32.0 Å². The van der Waals surface area contributed by atoms with Crippen LogP contribution in [0, 0.1) is 0 Å². The molecule has 3 heteroatoms. The molecule has 0 aromatic heterocycles. The molecule has 0 aliphatic carbocycles. The lowest BCUT2D eigenvalue weighted by Gasteiger charge is -2.11. The van der Waals surface area contributed by atoms with E-state index in [0.717, 1.165) is 0 Å². The molecule has 0 heterocycles. The molecule has 0 bridgehead atoms. The van der Waals surface area contributed by atoms with Gasteiger partial charge in [-0.3, -0.25) is 4.79 Å². The smallest absolute Gasteiger partial charge is 0.268 e. The van der Waals surface area contributed by atoms with Crippen LogP contribution in [0.3, 0.4) is 0 Å². The van der Waals surface area contributed by atoms with Crippen molar-refractivity contribution in [3.63, 3.8) is 0 Å². The molecule has 0 amide bonds. The van der Waals surface area contributed by atoms with Crippen molar-refractivity contribution in [3.8, 4) is 0 Å². The van der Waals surface area contributed by atoms with Crippen LogP contribution in [0.1, 0.15) is 6.92 Å². The molecule has 0 aromatic rings. The van der Waals surface area contributed by atoms with E-state index in [4.69, 9.17) is 11.6 Å². The van der Waals surface area contributed by atoms with Crippen LogP contribution >= 0.6 is 11.6 Å². The van der Waals surface area contributed by atoms with E-state index in [9.17, 15) is 4.79 Å². The predicted molar refractivity (Wildman–Crippen MR) is 38.3 cm³/mol. The second kappa shape index (κ2) is 3.51. The average Bonchev–Trinajstić information content (AvgIpc) is 1.64. The van der Waals surface area contributed by atoms with Crippen LogP contribution in [-0.4, -0.2) is 24.2 Å². The Morgan fingerprint density at radius 3 is 2.00 bits per heavy atom. The Labute approximate surface area is 60.1 Å². The fourth-order valence-corrected chi connectivity index (χ4v) is 0.826. The lowest BCUT2D eigenvalue weighted by molar-refractivity contribution is -0.109. The highest BCUT2D eigenvalue weighted by Gasteiger charge is 2.04. The van der Waals surface area contributed by atoms with Gasteiger partial charge in [0.25, 0.3) is 5.24 Å². The van der Waals surface area contributed by atoms with Gasteiger partial charge in [0.15, 0.2) is 0 Å². The second-order valence-electron chi connectivity index (χ2n) is 1.84. The fraction of sp³-hybridized carbons (Fsp3) is 0.500. The van der Waals surface area contributed by atoms with Crippen molar-refractivity contribution in [2.45, 2.75) is 6.92 Å². The molecule has 0 radical (unpaired) electrons. The minimum Gasteiger partial charge on any atom is -0.374 e. The van der Waals surface area contributed by atoms with E-state index in [1.807, 2.05) is 0 Å². The van der Waals surface area contributed by atoms with Crippen molar-refractivity contribution in [1.82, 2.24) is 4.90 Å². The van der Waals surface area contributed by atoms with Gasteiger partial charge >= 0.3 is 0 Å². The Bertz CT molecular complexity index is 140. The normalized spacial score (nSPS) is 11.3. The third kappa shape index (κ3) is 2.51. The van der Waals surface area contributed by atoms with E-state index in [2.05, 4.69) is 0 Å². The molecule has 0 aliphatic rings. The lowest BCUT2D eigenvalue weighted by Crippen LogP contribution is -2.15. The first kappa shape index (κ1) is 8.50. The molecular formula is C6H10ClNO. The summed E-state index contributed by atoms with van der Waals surface area (Å²) in [6, 6.07) is 0. The number of halogens is 1. The number of carbonyl (C=O) groups is 1. The van der Waals surface area contributed by atoms with Crippen molar-refractivity contribution >= 4 is 16.8 Å². The van der Waals surface area contributed by atoms with Gasteiger partial charge in [-0.1, -0.05) is 6.08 Å². The van der Waals surface area contributed by atoms with Gasteiger partial charge in [0.05, 0.1) is 5.70 Å². The first-order valence-corrected chi connectivity index (χ1v) is 3.01. The molecule has 0 saturated heterocycles. The molecule has 2 nitrogen and oxygen atoms in total. The van der Waals surface area contributed by atoms with E-state index < -0.39 is 5.24 Å². The zero-order chi connectivity index (χ0) is 7.44. The third-order valence-corrected chi connectivity index (χ3v) is 1.15. The number of hydrogen-bond acceptors (Lipinski definition) is 2. The SMILES string of the molecule is CC=C(C(=O)Cl)N(C)C. The predicted octanol–water partition coefficient (Wildman–Crippen LogP) is 1.22. The van der Waals surface area contributed by atoms with Crippen LogP contribution in [0.2, 0.25) is 0 Å². The highest BCUT2D eigenvalue weighted by atomic mass is 35.5. The molecule has 0 aliphatic heterocycles. The summed E-state index contributed by atoms with van der Waals surface area (Å²) in [5.41, 5.74) is 0.525. The molecule has 0 fully saturated rings. The molecule has 0 N–H and O–H groups in total. The third-order valence-electron chi connectivity index (χ3n) is 0.957. The number of allylic oxidation sites excluding steroid dienone is 2. The Morgan fingerprint density at radius 1 is 1.56 bits per heavy atom. The number of hydrogen-bond donors (Lipinski definition) is 0. The molecular weight excluding hydrogens is 138 g/mol. The molecule has 0 atom stereocenters. The molecule has 0 saturated carbocycles. The Balaban J connectivity index is 4.19. The molecule has 0 aromatic carbocycles. The zero-order valence-electron chi connectivity index (χ0n) is 5.81. The summed E-state index contributed by atoms with van der Waals surface area (Å²) < 4.78 is 0. The Hall–Kier alpha value is -0.500. The summed E-state index contributed by atoms with van der Waals surface area (Å²) >= 11 is 5.19. The van der Waals surface area contributed by atoms with Crippen LogP contribution in [0.4, 0.5) is 0 Å². The van der Waals surface area contributed by atoms with E-state index >= 15 is 0 Å². The quantitative estimate of drug-likeness (QED) is 0.433. The van der Waals surface area contributed by atoms with Gasteiger partial charge in [-0.15, -0.1) is 0 Å². The van der Waals surface area contributed by atoms with Crippen LogP contribution in [0.25, 0.3) is 0 Å². The topological polar surface area (TPSA) is 20.3 Å². The van der Waals surface area contributed by atoms with Gasteiger partial charge in [0.1, 0.15) is 0 Å². The average molecular weight is 148 g/mol. The number of nitrogens with zero attached hydrogens (tertiary/aromatic N) is 1. The van der Waals surface area contributed by atoms with E-state index in [0.29, 0.717) is 5.70 Å². The van der Waals surface area contributed by atoms with Crippen LogP contribution < -0.4 is 0 Å². The summed E-state index contributed by atoms with van der Waals surface area (Å²) in [5.74, 6) is 0. The van der Waals surface area contributed by atoms with E-state index in [-0.39, 0.29) is 0 Å². The standard InChI is InChI=1S/C6H10ClNO/c1-4-5(6(7)9)8(2)3/h4H,1-3H3. The zero-order valence-corrected chi connectivity index (χ0v) is 6.57. The Morgan fingerprint density at radius 2 is 2.00 bits per heavy atom. The number of carbonyl (C=O) groups excluding carboxylic acids is 1. The summed E-state index contributed by atoms with van der Waals surface area (Å²) in [6.45, 7) is 1.77. The number of likely N-dealkylation sites (N-methyl/N-ethyl adjacent to an activating group) is 1. The van der Waals surface area contributed by atoms with Crippen LogP contribution in [0.5, 0.6) is 0 Å². The van der Waals surface area contributed by atoms with Crippen LogP contribution in [0.15, 0.2) is 11.8 Å². The summed E-state index contributed by atoms with van der Waals surface area (Å²) in [4.78, 5) is 12.1. The summed E-state index contributed by atoms with van der Waals surface area (Å²) in [7, 11) is 3.55. The monoisotopic (exact) mass is 147 g/mol. The largest absolute Gasteiger partial charge is 0.374 e. The molecule has 52 valence electrons. The fourth-order valence-electron chi connectivity index (χ4n) is 0.547. The maximum absolute atomic E-state index is 10.5. The second-order valence-corrected chi connectivity index (χ2v) is 2.19. The van der Waals surface area contributed by atoms with Crippen molar-refractivity contribution in [2.75, 3.05) is 14.1 Å². The van der Waals surface area contributed by atoms with Gasteiger partial charge in [0, 0.05) is 14.1 Å². The van der Waals surface area contributed by atoms with Crippen molar-refractivity contribution in [1.29, 1.82) is 0 Å². The maximum Gasteiger partial charge on any atom is 0.268 e. The minimum absolute atomic E-state index is 0.414. The molecule has 0 spiro atoms. The Kier molecular flexibility index (Phi) is 3.32.